The quantitative estimate of drug-likeness (QED) is 0.464. The predicted molar refractivity (Wildman–Crippen MR) is 131 cm³/mol. The smallest absolute Gasteiger partial charge is 0.233 e. The fourth-order valence-corrected chi connectivity index (χ4v) is 4.57. The molecular weight excluding hydrogens is 414 g/mol. The van der Waals surface area contributed by atoms with Crippen LogP contribution in [0.4, 0.5) is 5.13 Å². The molecule has 0 aliphatic heterocycles. The van der Waals surface area contributed by atoms with E-state index in [0.717, 1.165) is 45.9 Å². The molecular formula is C24H32ClN3OS. The highest BCUT2D eigenvalue weighted by atomic mass is 35.5. The van der Waals surface area contributed by atoms with Gasteiger partial charge in [0.2, 0.25) is 5.91 Å². The molecule has 6 heteroatoms. The number of benzene rings is 2. The highest BCUT2D eigenvalue weighted by molar-refractivity contribution is 7.22. The summed E-state index contributed by atoms with van der Waals surface area (Å²) in [5.74, 6) is 0.120. The number of hydrogen-bond donors (Lipinski definition) is 0. The van der Waals surface area contributed by atoms with Crippen molar-refractivity contribution in [1.29, 1.82) is 0 Å². The van der Waals surface area contributed by atoms with Crippen molar-refractivity contribution >= 4 is 45.0 Å². The number of thiazole rings is 1. The standard InChI is InChI=1S/C24H31N3OS.ClH/c1-6-19-9-7-10-21-23(19)25-24(29-21)27(14-8-13-26(4)5)22(28)16-20-15-17(2)11-12-18(20)3;/h7,9-12,15H,6,8,13-14,16H2,1-5H3;1H. The number of aryl methyl sites for hydroxylation is 3. The van der Waals surface area contributed by atoms with Crippen molar-refractivity contribution in [2.45, 2.75) is 40.0 Å². The van der Waals surface area contributed by atoms with Crippen molar-refractivity contribution in [2.24, 2.45) is 0 Å². The van der Waals surface area contributed by atoms with E-state index >= 15 is 0 Å². The Morgan fingerprint density at radius 1 is 1.07 bits per heavy atom. The van der Waals surface area contributed by atoms with Gasteiger partial charge in [-0.25, -0.2) is 4.98 Å². The summed E-state index contributed by atoms with van der Waals surface area (Å²) in [7, 11) is 4.13. The van der Waals surface area contributed by atoms with Gasteiger partial charge in [0.15, 0.2) is 5.13 Å². The minimum Gasteiger partial charge on any atom is -0.309 e. The minimum atomic E-state index is 0. The van der Waals surface area contributed by atoms with Crippen LogP contribution in [0.15, 0.2) is 36.4 Å². The summed E-state index contributed by atoms with van der Waals surface area (Å²) in [4.78, 5) is 22.3. The van der Waals surface area contributed by atoms with Crippen LogP contribution < -0.4 is 4.90 Å². The van der Waals surface area contributed by atoms with Crippen molar-refractivity contribution in [3.8, 4) is 0 Å². The minimum absolute atomic E-state index is 0. The first-order chi connectivity index (χ1) is 13.9. The molecule has 3 rings (SSSR count). The molecule has 0 fully saturated rings. The second-order valence-corrected chi connectivity index (χ2v) is 8.93. The molecule has 0 saturated heterocycles. The molecule has 0 radical (unpaired) electrons. The summed E-state index contributed by atoms with van der Waals surface area (Å²) in [5, 5.41) is 0.815. The van der Waals surface area contributed by atoms with Gasteiger partial charge in [0, 0.05) is 6.54 Å². The number of para-hydroxylation sites is 1. The zero-order valence-electron chi connectivity index (χ0n) is 18.6. The maximum Gasteiger partial charge on any atom is 0.233 e. The number of amides is 1. The number of carbonyl (C=O) groups excluding carboxylic acids is 1. The van der Waals surface area contributed by atoms with E-state index in [9.17, 15) is 4.79 Å². The monoisotopic (exact) mass is 445 g/mol. The first-order valence-corrected chi connectivity index (χ1v) is 11.1. The van der Waals surface area contributed by atoms with Crippen LogP contribution in [0.2, 0.25) is 0 Å². The Bertz CT molecular complexity index is 999. The van der Waals surface area contributed by atoms with E-state index in [1.165, 1.54) is 11.1 Å². The maximum atomic E-state index is 13.4. The summed E-state index contributed by atoms with van der Waals surface area (Å²) in [6, 6.07) is 12.6. The topological polar surface area (TPSA) is 36.4 Å². The third-order valence-corrected chi connectivity index (χ3v) is 6.28. The third kappa shape index (κ3) is 5.81. The van der Waals surface area contributed by atoms with Crippen LogP contribution in [0.1, 0.15) is 35.6 Å². The summed E-state index contributed by atoms with van der Waals surface area (Å²) in [6.07, 6.45) is 2.27. The number of aromatic nitrogens is 1. The van der Waals surface area contributed by atoms with Gasteiger partial charge < -0.3 is 4.90 Å². The molecule has 4 nitrogen and oxygen atoms in total. The zero-order valence-corrected chi connectivity index (χ0v) is 20.2. The molecule has 1 amide bonds. The predicted octanol–water partition coefficient (Wildman–Crippen LogP) is 5.42. The van der Waals surface area contributed by atoms with Gasteiger partial charge in [0.05, 0.1) is 16.6 Å². The van der Waals surface area contributed by atoms with Crippen molar-refractivity contribution in [2.75, 3.05) is 32.1 Å². The van der Waals surface area contributed by atoms with Gasteiger partial charge in [-0.2, -0.15) is 0 Å². The van der Waals surface area contributed by atoms with Crippen LogP contribution in [0, 0.1) is 13.8 Å². The Kier molecular flexibility index (Phi) is 8.83. The normalized spacial score (nSPS) is 11.0. The Morgan fingerprint density at radius 3 is 2.53 bits per heavy atom. The Labute approximate surface area is 190 Å². The first-order valence-electron chi connectivity index (χ1n) is 10.3. The van der Waals surface area contributed by atoms with Crippen molar-refractivity contribution in [1.82, 2.24) is 9.88 Å². The van der Waals surface area contributed by atoms with E-state index < -0.39 is 0 Å². The lowest BCUT2D eigenvalue weighted by Gasteiger charge is -2.21. The zero-order chi connectivity index (χ0) is 21.0. The average Bonchev–Trinajstić information content (AvgIpc) is 3.11. The van der Waals surface area contributed by atoms with Crippen LogP contribution in [0.3, 0.4) is 0 Å². The summed E-state index contributed by atoms with van der Waals surface area (Å²) >= 11 is 1.62. The Hall–Kier alpha value is -1.95. The van der Waals surface area contributed by atoms with E-state index in [4.69, 9.17) is 4.98 Å². The summed E-state index contributed by atoms with van der Waals surface area (Å²) in [5.41, 5.74) is 5.72. The lowest BCUT2D eigenvalue weighted by Crippen LogP contribution is -2.34. The van der Waals surface area contributed by atoms with Crippen LogP contribution in [-0.4, -0.2) is 43.0 Å². The lowest BCUT2D eigenvalue weighted by atomic mass is 10.0. The van der Waals surface area contributed by atoms with Crippen molar-refractivity contribution in [3.05, 3.63) is 58.7 Å². The largest absolute Gasteiger partial charge is 0.309 e. The average molecular weight is 446 g/mol. The summed E-state index contributed by atoms with van der Waals surface area (Å²) in [6.45, 7) is 7.92. The van der Waals surface area contributed by atoms with Crippen LogP contribution in [0.25, 0.3) is 10.2 Å². The molecule has 0 spiro atoms. The Balaban J connectivity index is 0.00000320. The molecule has 0 N–H and O–H groups in total. The second-order valence-electron chi connectivity index (χ2n) is 7.92. The molecule has 2 aromatic carbocycles. The van der Waals surface area contributed by atoms with Crippen LogP contribution in [0.5, 0.6) is 0 Å². The highest BCUT2D eigenvalue weighted by Gasteiger charge is 2.21. The van der Waals surface area contributed by atoms with Crippen LogP contribution >= 0.6 is 23.7 Å². The number of hydrogen-bond acceptors (Lipinski definition) is 4. The molecule has 0 atom stereocenters. The molecule has 0 saturated carbocycles. The van der Waals surface area contributed by atoms with Gasteiger partial charge in [-0.05, 0) is 70.1 Å². The molecule has 162 valence electrons. The third-order valence-electron chi connectivity index (χ3n) is 5.24. The highest BCUT2D eigenvalue weighted by Crippen LogP contribution is 2.31. The molecule has 30 heavy (non-hydrogen) atoms. The fourth-order valence-electron chi connectivity index (χ4n) is 3.52. The van der Waals surface area contributed by atoms with E-state index in [-0.39, 0.29) is 18.3 Å². The van der Waals surface area contributed by atoms with Gasteiger partial charge in [-0.1, -0.05) is 54.2 Å². The molecule has 1 heterocycles. The molecule has 0 bridgehead atoms. The molecule has 1 aromatic heterocycles. The number of carbonyl (C=O) groups is 1. The van der Waals surface area contributed by atoms with Crippen molar-refractivity contribution in [3.63, 3.8) is 0 Å². The van der Waals surface area contributed by atoms with Gasteiger partial charge in [0.1, 0.15) is 0 Å². The Morgan fingerprint density at radius 2 is 1.83 bits per heavy atom. The van der Waals surface area contributed by atoms with E-state index in [1.54, 1.807) is 11.3 Å². The van der Waals surface area contributed by atoms with Gasteiger partial charge in [0.25, 0.3) is 0 Å². The van der Waals surface area contributed by atoms with Gasteiger partial charge >= 0.3 is 0 Å². The molecule has 3 aromatic rings. The molecule has 0 aliphatic rings. The summed E-state index contributed by atoms with van der Waals surface area (Å²) < 4.78 is 1.15. The first kappa shape index (κ1) is 24.3. The number of rotatable bonds is 8. The SMILES string of the molecule is CCc1cccc2sc(N(CCCN(C)C)C(=O)Cc3cc(C)ccc3C)nc12.Cl. The number of nitrogens with zero attached hydrogens (tertiary/aromatic N) is 3. The van der Waals surface area contributed by atoms with E-state index in [2.05, 4.69) is 76.2 Å². The second kappa shape index (κ2) is 10.9. The fraction of sp³-hybridized carbons (Fsp3) is 0.417. The van der Waals surface area contributed by atoms with E-state index in [0.29, 0.717) is 13.0 Å². The van der Waals surface area contributed by atoms with Crippen LogP contribution in [-0.2, 0) is 17.6 Å². The number of halogens is 1. The number of fused-ring (bicyclic) bond motifs is 1. The van der Waals surface area contributed by atoms with E-state index in [1.807, 2.05) is 4.90 Å². The number of anilines is 1. The molecule has 0 aliphatic carbocycles. The van der Waals surface area contributed by atoms with Gasteiger partial charge in [-0.3, -0.25) is 9.69 Å². The molecule has 0 unspecified atom stereocenters. The lowest BCUT2D eigenvalue weighted by molar-refractivity contribution is -0.118. The van der Waals surface area contributed by atoms with Gasteiger partial charge in [-0.15, -0.1) is 12.4 Å². The maximum absolute atomic E-state index is 13.4. The van der Waals surface area contributed by atoms with Crippen molar-refractivity contribution < 1.29 is 4.79 Å².